The highest BCUT2D eigenvalue weighted by Crippen LogP contribution is 2.56. The molecule has 1 N–H and O–H groups in total. The van der Waals surface area contributed by atoms with Gasteiger partial charge >= 0.3 is 0 Å². The maximum absolute atomic E-state index is 3.47. The van der Waals surface area contributed by atoms with Gasteiger partial charge in [0, 0.05) is 6.54 Å². The minimum atomic E-state index is 0.699. The maximum atomic E-state index is 3.47. The van der Waals surface area contributed by atoms with E-state index in [1.807, 2.05) is 0 Å². The fourth-order valence-electron chi connectivity index (χ4n) is 2.16. The van der Waals surface area contributed by atoms with Crippen molar-refractivity contribution in [1.29, 1.82) is 0 Å². The lowest BCUT2D eigenvalue weighted by Gasteiger charge is -2.14. The highest BCUT2D eigenvalue weighted by Gasteiger charge is 2.50. The molecule has 1 aliphatic carbocycles. The average Bonchev–Trinajstić information content (AvgIpc) is 2.76. The summed E-state index contributed by atoms with van der Waals surface area (Å²) in [5, 5.41) is 3.47. The fraction of sp³-hybridized carbons (Fsp3) is 1.00. The van der Waals surface area contributed by atoms with Crippen molar-refractivity contribution in [2.45, 2.75) is 40.0 Å². The molecule has 0 saturated heterocycles. The molecule has 0 heterocycles. The van der Waals surface area contributed by atoms with Crippen molar-refractivity contribution in [2.75, 3.05) is 13.1 Å². The molecule has 1 fully saturated rings. The molecular weight excluding hydrogens is 134 g/mol. The molecule has 11 heavy (non-hydrogen) atoms. The third-order valence-corrected chi connectivity index (χ3v) is 3.28. The summed E-state index contributed by atoms with van der Waals surface area (Å²) >= 11 is 0. The molecule has 0 aliphatic heterocycles. The van der Waals surface area contributed by atoms with Gasteiger partial charge in [0.05, 0.1) is 0 Å². The van der Waals surface area contributed by atoms with Gasteiger partial charge in [-0.3, -0.25) is 0 Å². The summed E-state index contributed by atoms with van der Waals surface area (Å²) in [5.41, 5.74) is 0.699. The van der Waals surface area contributed by atoms with Crippen LogP contribution in [0, 0.1) is 11.3 Å². The predicted molar refractivity (Wildman–Crippen MR) is 49.7 cm³/mol. The Morgan fingerprint density at radius 1 is 1.36 bits per heavy atom. The van der Waals surface area contributed by atoms with Crippen LogP contribution in [-0.2, 0) is 0 Å². The summed E-state index contributed by atoms with van der Waals surface area (Å²) in [4.78, 5) is 0. The first-order valence-corrected chi connectivity index (χ1v) is 4.99. The van der Waals surface area contributed by atoms with E-state index in [4.69, 9.17) is 0 Å². The number of nitrogens with one attached hydrogen (secondary N) is 1. The van der Waals surface area contributed by atoms with Crippen molar-refractivity contribution in [2.24, 2.45) is 11.3 Å². The van der Waals surface area contributed by atoms with Crippen LogP contribution in [0.3, 0.4) is 0 Å². The quantitative estimate of drug-likeness (QED) is 0.643. The number of hydrogen-bond donors (Lipinski definition) is 1. The SMILES string of the molecule is CCNCC1(CC)CC1CC. The lowest BCUT2D eigenvalue weighted by Crippen LogP contribution is -2.24. The number of hydrogen-bond acceptors (Lipinski definition) is 1. The first-order valence-electron chi connectivity index (χ1n) is 4.99. The molecule has 2 unspecified atom stereocenters. The molecule has 1 heteroatoms. The van der Waals surface area contributed by atoms with Gasteiger partial charge in [-0.05, 0) is 30.7 Å². The van der Waals surface area contributed by atoms with E-state index in [0.29, 0.717) is 5.41 Å². The second kappa shape index (κ2) is 3.57. The normalized spacial score (nSPS) is 35.7. The Bertz CT molecular complexity index is 122. The Labute approximate surface area is 70.6 Å². The van der Waals surface area contributed by atoms with Gasteiger partial charge in [-0.15, -0.1) is 0 Å². The van der Waals surface area contributed by atoms with Gasteiger partial charge in [0.1, 0.15) is 0 Å². The van der Waals surface area contributed by atoms with Gasteiger partial charge < -0.3 is 5.32 Å². The summed E-state index contributed by atoms with van der Waals surface area (Å²) in [6.45, 7) is 9.20. The van der Waals surface area contributed by atoms with Crippen LogP contribution in [0.2, 0.25) is 0 Å². The van der Waals surface area contributed by atoms with Crippen LogP contribution in [0.25, 0.3) is 0 Å². The number of rotatable bonds is 5. The van der Waals surface area contributed by atoms with E-state index >= 15 is 0 Å². The second-order valence-electron chi connectivity index (χ2n) is 3.81. The van der Waals surface area contributed by atoms with E-state index in [1.54, 1.807) is 0 Å². The molecule has 0 amide bonds. The zero-order valence-corrected chi connectivity index (χ0v) is 8.11. The van der Waals surface area contributed by atoms with E-state index in [0.717, 1.165) is 12.5 Å². The van der Waals surface area contributed by atoms with E-state index in [9.17, 15) is 0 Å². The molecular formula is C10H21N. The topological polar surface area (TPSA) is 12.0 Å². The van der Waals surface area contributed by atoms with Gasteiger partial charge in [-0.25, -0.2) is 0 Å². The van der Waals surface area contributed by atoms with Crippen LogP contribution in [0.5, 0.6) is 0 Å². The van der Waals surface area contributed by atoms with Crippen LogP contribution in [0.1, 0.15) is 40.0 Å². The Kier molecular flexibility index (Phi) is 2.94. The van der Waals surface area contributed by atoms with Crippen LogP contribution in [-0.4, -0.2) is 13.1 Å². The molecule has 0 bridgehead atoms. The predicted octanol–water partition coefficient (Wildman–Crippen LogP) is 2.42. The molecule has 0 aromatic carbocycles. The maximum Gasteiger partial charge on any atom is 0.00104 e. The minimum Gasteiger partial charge on any atom is -0.316 e. The van der Waals surface area contributed by atoms with Crippen molar-refractivity contribution < 1.29 is 0 Å². The van der Waals surface area contributed by atoms with Crippen LogP contribution >= 0.6 is 0 Å². The molecule has 1 saturated carbocycles. The van der Waals surface area contributed by atoms with E-state index in [2.05, 4.69) is 26.1 Å². The Hall–Kier alpha value is -0.0400. The lowest BCUT2D eigenvalue weighted by molar-refractivity contribution is 0.403. The highest BCUT2D eigenvalue weighted by atomic mass is 14.9. The zero-order valence-electron chi connectivity index (χ0n) is 8.11. The monoisotopic (exact) mass is 155 g/mol. The third-order valence-electron chi connectivity index (χ3n) is 3.28. The standard InChI is InChI=1S/C10H21N/c1-4-9-7-10(9,5-2)8-11-6-3/h9,11H,4-8H2,1-3H3. The van der Waals surface area contributed by atoms with Crippen molar-refractivity contribution in [3.8, 4) is 0 Å². The van der Waals surface area contributed by atoms with E-state index in [-0.39, 0.29) is 0 Å². The summed E-state index contributed by atoms with van der Waals surface area (Å²) in [7, 11) is 0. The average molecular weight is 155 g/mol. The summed E-state index contributed by atoms with van der Waals surface area (Å²) in [5.74, 6) is 1.02. The molecule has 1 aliphatic rings. The molecule has 0 radical (unpaired) electrons. The van der Waals surface area contributed by atoms with Crippen LogP contribution in [0.4, 0.5) is 0 Å². The van der Waals surface area contributed by atoms with E-state index < -0.39 is 0 Å². The summed E-state index contributed by atoms with van der Waals surface area (Å²) in [6.07, 6.45) is 4.20. The van der Waals surface area contributed by atoms with Gasteiger partial charge in [0.25, 0.3) is 0 Å². The summed E-state index contributed by atoms with van der Waals surface area (Å²) in [6, 6.07) is 0. The summed E-state index contributed by atoms with van der Waals surface area (Å²) < 4.78 is 0. The first-order chi connectivity index (χ1) is 5.29. The molecule has 1 rings (SSSR count). The minimum absolute atomic E-state index is 0.699. The largest absolute Gasteiger partial charge is 0.316 e. The molecule has 0 aromatic rings. The van der Waals surface area contributed by atoms with Crippen LogP contribution in [0.15, 0.2) is 0 Å². The Morgan fingerprint density at radius 2 is 2.09 bits per heavy atom. The van der Waals surface area contributed by atoms with Gasteiger partial charge in [0.15, 0.2) is 0 Å². The zero-order chi connectivity index (χ0) is 8.32. The fourth-order valence-corrected chi connectivity index (χ4v) is 2.16. The van der Waals surface area contributed by atoms with Gasteiger partial charge in [-0.1, -0.05) is 27.2 Å². The highest BCUT2D eigenvalue weighted by molar-refractivity contribution is 5.01. The lowest BCUT2D eigenvalue weighted by atomic mass is 9.99. The first kappa shape index (κ1) is 9.05. The Morgan fingerprint density at radius 3 is 2.45 bits per heavy atom. The molecule has 1 nitrogen and oxygen atoms in total. The van der Waals surface area contributed by atoms with Gasteiger partial charge in [-0.2, -0.15) is 0 Å². The molecule has 2 atom stereocenters. The van der Waals surface area contributed by atoms with E-state index in [1.165, 1.54) is 25.8 Å². The van der Waals surface area contributed by atoms with Crippen molar-refractivity contribution in [1.82, 2.24) is 5.32 Å². The van der Waals surface area contributed by atoms with Gasteiger partial charge in [0.2, 0.25) is 0 Å². The smallest absolute Gasteiger partial charge is 0.00104 e. The Balaban J connectivity index is 2.27. The molecule has 0 spiro atoms. The van der Waals surface area contributed by atoms with Crippen molar-refractivity contribution in [3.05, 3.63) is 0 Å². The van der Waals surface area contributed by atoms with Crippen LogP contribution < -0.4 is 5.32 Å². The molecule has 66 valence electrons. The van der Waals surface area contributed by atoms with Crippen molar-refractivity contribution >= 4 is 0 Å². The van der Waals surface area contributed by atoms with Crippen molar-refractivity contribution in [3.63, 3.8) is 0 Å². The second-order valence-corrected chi connectivity index (χ2v) is 3.81. The third kappa shape index (κ3) is 1.76. The molecule has 0 aromatic heterocycles.